The lowest BCUT2D eigenvalue weighted by molar-refractivity contribution is -0.123. The van der Waals surface area contributed by atoms with E-state index in [2.05, 4.69) is 41.8 Å². The van der Waals surface area contributed by atoms with Crippen LogP contribution in [0.15, 0.2) is 84.0 Å². The number of para-hydroxylation sites is 1. The average molecular weight is 507 g/mol. The van der Waals surface area contributed by atoms with E-state index in [9.17, 15) is 9.59 Å². The summed E-state index contributed by atoms with van der Waals surface area (Å²) in [5, 5.41) is 8.05. The summed E-state index contributed by atoms with van der Waals surface area (Å²) in [6, 6.07) is 25.1. The van der Waals surface area contributed by atoms with Crippen LogP contribution in [0.2, 0.25) is 0 Å². The molecule has 2 N–H and O–H groups in total. The SMILES string of the molecule is CC(=NNC(=O)c1cc(-c2ccc(C(C)C)cc2)nc2ccccc12)c1cccc(NC(=O)C(C)(C)C)c1. The number of hydrogen-bond donors (Lipinski definition) is 2. The molecular weight excluding hydrogens is 472 g/mol. The van der Waals surface area contributed by atoms with Gasteiger partial charge in [-0.25, -0.2) is 10.4 Å². The van der Waals surface area contributed by atoms with Crippen molar-refractivity contribution in [3.05, 3.63) is 95.6 Å². The zero-order valence-corrected chi connectivity index (χ0v) is 22.8. The van der Waals surface area contributed by atoms with Crippen LogP contribution in [0, 0.1) is 5.41 Å². The van der Waals surface area contributed by atoms with Crippen molar-refractivity contribution in [1.82, 2.24) is 10.4 Å². The molecule has 0 unspecified atom stereocenters. The second-order valence-corrected chi connectivity index (χ2v) is 10.8. The molecule has 0 fully saturated rings. The summed E-state index contributed by atoms with van der Waals surface area (Å²) in [6.45, 7) is 11.7. The Morgan fingerprint density at radius 3 is 2.29 bits per heavy atom. The first-order chi connectivity index (χ1) is 18.0. The number of hydrogen-bond acceptors (Lipinski definition) is 4. The summed E-state index contributed by atoms with van der Waals surface area (Å²) in [7, 11) is 0. The molecule has 0 bridgehead atoms. The highest BCUT2D eigenvalue weighted by molar-refractivity contribution is 6.08. The number of nitrogens with one attached hydrogen (secondary N) is 2. The Kier molecular flexibility index (Phi) is 7.72. The molecule has 4 aromatic rings. The van der Waals surface area contributed by atoms with Crippen LogP contribution in [0.25, 0.3) is 22.2 Å². The van der Waals surface area contributed by atoms with Crippen molar-refractivity contribution in [2.45, 2.75) is 47.5 Å². The van der Waals surface area contributed by atoms with E-state index in [1.165, 1.54) is 5.56 Å². The quantitative estimate of drug-likeness (QED) is 0.215. The lowest BCUT2D eigenvalue weighted by atomic mass is 9.95. The van der Waals surface area contributed by atoms with Crippen LogP contribution in [-0.2, 0) is 4.79 Å². The number of carbonyl (C=O) groups excluding carboxylic acids is 2. The smallest absolute Gasteiger partial charge is 0.272 e. The van der Waals surface area contributed by atoms with Gasteiger partial charge >= 0.3 is 0 Å². The van der Waals surface area contributed by atoms with Gasteiger partial charge < -0.3 is 5.32 Å². The van der Waals surface area contributed by atoms with E-state index in [1.54, 1.807) is 0 Å². The summed E-state index contributed by atoms with van der Waals surface area (Å²) in [4.78, 5) is 30.5. The number of anilines is 1. The number of fused-ring (bicyclic) bond motifs is 1. The van der Waals surface area contributed by atoms with Crippen molar-refractivity contribution in [1.29, 1.82) is 0 Å². The number of benzene rings is 3. The molecule has 38 heavy (non-hydrogen) atoms. The molecule has 1 aromatic heterocycles. The Labute approximate surface area is 224 Å². The molecule has 1 heterocycles. The third-order valence-corrected chi connectivity index (χ3v) is 6.38. The van der Waals surface area contributed by atoms with Gasteiger partial charge in [0.25, 0.3) is 5.91 Å². The van der Waals surface area contributed by atoms with E-state index in [1.807, 2.05) is 94.4 Å². The molecule has 0 spiro atoms. The minimum Gasteiger partial charge on any atom is -0.326 e. The van der Waals surface area contributed by atoms with Gasteiger partial charge in [-0.3, -0.25) is 9.59 Å². The normalized spacial score (nSPS) is 12.0. The number of aromatic nitrogens is 1. The molecule has 0 saturated heterocycles. The van der Waals surface area contributed by atoms with Gasteiger partial charge in [-0.15, -0.1) is 0 Å². The Hall–Kier alpha value is -4.32. The first kappa shape index (κ1) is 26.7. The van der Waals surface area contributed by atoms with Gasteiger partial charge in [0.15, 0.2) is 0 Å². The predicted octanol–water partition coefficient (Wildman–Crippen LogP) is 7.16. The lowest BCUT2D eigenvalue weighted by Gasteiger charge is -2.18. The maximum Gasteiger partial charge on any atom is 0.272 e. The predicted molar refractivity (Wildman–Crippen MR) is 155 cm³/mol. The minimum atomic E-state index is -0.504. The van der Waals surface area contributed by atoms with Gasteiger partial charge in [0.05, 0.1) is 22.5 Å². The van der Waals surface area contributed by atoms with E-state index in [0.717, 1.165) is 27.7 Å². The zero-order valence-electron chi connectivity index (χ0n) is 22.8. The second kappa shape index (κ2) is 11.0. The monoisotopic (exact) mass is 506 g/mol. The molecule has 6 heteroatoms. The molecule has 0 aliphatic heterocycles. The van der Waals surface area contributed by atoms with E-state index < -0.39 is 5.41 Å². The number of amides is 2. The van der Waals surface area contributed by atoms with Crippen molar-refractivity contribution in [2.24, 2.45) is 10.5 Å². The van der Waals surface area contributed by atoms with Gasteiger partial charge in [-0.05, 0) is 48.2 Å². The van der Waals surface area contributed by atoms with Crippen molar-refractivity contribution < 1.29 is 9.59 Å². The summed E-state index contributed by atoms with van der Waals surface area (Å²) < 4.78 is 0. The van der Waals surface area contributed by atoms with Crippen LogP contribution in [0.5, 0.6) is 0 Å². The van der Waals surface area contributed by atoms with Crippen molar-refractivity contribution >= 4 is 34.1 Å². The molecule has 0 atom stereocenters. The summed E-state index contributed by atoms with van der Waals surface area (Å²) in [5.41, 5.74) is 8.46. The highest BCUT2D eigenvalue weighted by atomic mass is 16.2. The van der Waals surface area contributed by atoms with Crippen molar-refractivity contribution in [3.63, 3.8) is 0 Å². The number of hydrazone groups is 1. The molecule has 0 aliphatic rings. The lowest BCUT2D eigenvalue weighted by Crippen LogP contribution is -2.27. The summed E-state index contributed by atoms with van der Waals surface area (Å²) in [6.07, 6.45) is 0. The van der Waals surface area contributed by atoms with Crippen LogP contribution in [-0.4, -0.2) is 22.5 Å². The van der Waals surface area contributed by atoms with E-state index in [4.69, 9.17) is 4.98 Å². The summed E-state index contributed by atoms with van der Waals surface area (Å²) >= 11 is 0. The Balaban J connectivity index is 1.60. The molecular formula is C32H34N4O2. The van der Waals surface area contributed by atoms with Gasteiger partial charge in [0.2, 0.25) is 5.91 Å². The Morgan fingerprint density at radius 1 is 0.895 bits per heavy atom. The minimum absolute atomic E-state index is 0.0724. The van der Waals surface area contributed by atoms with Gasteiger partial charge in [-0.2, -0.15) is 5.10 Å². The largest absolute Gasteiger partial charge is 0.326 e. The molecule has 3 aromatic carbocycles. The highest BCUT2D eigenvalue weighted by Gasteiger charge is 2.21. The van der Waals surface area contributed by atoms with Gasteiger partial charge in [0.1, 0.15) is 0 Å². The van der Waals surface area contributed by atoms with E-state index in [0.29, 0.717) is 22.9 Å². The maximum atomic E-state index is 13.3. The highest BCUT2D eigenvalue weighted by Crippen LogP contribution is 2.26. The first-order valence-corrected chi connectivity index (χ1v) is 12.8. The summed E-state index contributed by atoms with van der Waals surface area (Å²) in [5.74, 6) is 0.0449. The fraction of sp³-hybridized carbons (Fsp3) is 0.250. The molecule has 4 rings (SSSR count). The fourth-order valence-electron chi connectivity index (χ4n) is 3.95. The third-order valence-electron chi connectivity index (χ3n) is 6.38. The van der Waals surface area contributed by atoms with Crippen LogP contribution in [0.1, 0.15) is 68.9 Å². The standard InChI is InChI=1S/C32H34N4O2/c1-20(2)22-14-16-23(17-15-22)29-19-27(26-12-7-8-13-28(26)34-29)30(37)36-35-21(3)24-10-9-11-25(18-24)33-31(38)32(4,5)6/h7-20H,1-6H3,(H,33,38)(H,36,37). The zero-order chi connectivity index (χ0) is 27.4. The fourth-order valence-corrected chi connectivity index (χ4v) is 3.95. The van der Waals surface area contributed by atoms with E-state index in [-0.39, 0.29) is 11.8 Å². The molecule has 0 aliphatic carbocycles. The number of nitrogens with zero attached hydrogens (tertiary/aromatic N) is 2. The number of pyridine rings is 1. The molecule has 6 nitrogen and oxygen atoms in total. The van der Waals surface area contributed by atoms with Gasteiger partial charge in [0, 0.05) is 22.1 Å². The third kappa shape index (κ3) is 6.14. The maximum absolute atomic E-state index is 13.3. The topological polar surface area (TPSA) is 83.4 Å². The average Bonchev–Trinajstić information content (AvgIpc) is 2.90. The molecule has 0 saturated carbocycles. The van der Waals surface area contributed by atoms with E-state index >= 15 is 0 Å². The van der Waals surface area contributed by atoms with Crippen LogP contribution in [0.3, 0.4) is 0 Å². The molecule has 194 valence electrons. The molecule has 2 amide bonds. The van der Waals surface area contributed by atoms with Crippen LogP contribution >= 0.6 is 0 Å². The van der Waals surface area contributed by atoms with Crippen molar-refractivity contribution in [3.8, 4) is 11.3 Å². The number of rotatable bonds is 6. The second-order valence-electron chi connectivity index (χ2n) is 10.8. The number of carbonyl (C=O) groups is 2. The van der Waals surface area contributed by atoms with Crippen LogP contribution < -0.4 is 10.7 Å². The molecule has 0 radical (unpaired) electrons. The van der Waals surface area contributed by atoms with Crippen LogP contribution in [0.4, 0.5) is 5.69 Å². The van der Waals surface area contributed by atoms with Crippen molar-refractivity contribution in [2.75, 3.05) is 5.32 Å². The Morgan fingerprint density at radius 2 is 1.61 bits per heavy atom. The first-order valence-electron chi connectivity index (χ1n) is 12.8. The Bertz CT molecular complexity index is 1510. The van der Waals surface area contributed by atoms with Gasteiger partial charge in [-0.1, -0.05) is 89.2 Å².